The second-order valence-corrected chi connectivity index (χ2v) is 3.42. The first-order valence-corrected chi connectivity index (χ1v) is 4.82. The molecule has 0 fully saturated rings. The van der Waals surface area contributed by atoms with Crippen LogP contribution in [0, 0.1) is 6.92 Å². The molecule has 0 atom stereocenters. The fraction of sp³-hybridized carbons (Fsp3) is 0.222. The molecule has 0 radical (unpaired) electrons. The standard InChI is InChI=1S/C9H11NOS/c1-6-5-7(12-2)3-4-8(6)9(10)11/h3-5H,1-2H3,(H2,10,11). The van der Waals surface area contributed by atoms with Gasteiger partial charge in [-0.3, -0.25) is 4.79 Å². The average molecular weight is 181 g/mol. The average Bonchev–Trinajstić information content (AvgIpc) is 2.03. The molecule has 1 aromatic carbocycles. The van der Waals surface area contributed by atoms with Crippen LogP contribution in [0.2, 0.25) is 0 Å². The van der Waals surface area contributed by atoms with Crippen LogP contribution in [0.5, 0.6) is 0 Å². The first-order valence-electron chi connectivity index (χ1n) is 3.59. The highest BCUT2D eigenvalue weighted by molar-refractivity contribution is 7.98. The molecule has 0 saturated heterocycles. The maximum atomic E-state index is 10.8. The van der Waals surface area contributed by atoms with E-state index in [1.54, 1.807) is 17.8 Å². The predicted octanol–water partition coefficient (Wildman–Crippen LogP) is 1.82. The van der Waals surface area contributed by atoms with E-state index in [9.17, 15) is 4.79 Å². The number of hydrogen-bond donors (Lipinski definition) is 1. The van der Waals surface area contributed by atoms with Gasteiger partial charge in [0.15, 0.2) is 0 Å². The Bertz CT molecular complexity index is 309. The molecule has 2 nitrogen and oxygen atoms in total. The van der Waals surface area contributed by atoms with Crippen molar-refractivity contribution < 1.29 is 4.79 Å². The third-order valence-electron chi connectivity index (χ3n) is 1.70. The Hall–Kier alpha value is -0.960. The zero-order valence-electron chi connectivity index (χ0n) is 7.13. The minimum atomic E-state index is -0.361. The van der Waals surface area contributed by atoms with E-state index in [4.69, 9.17) is 5.73 Å². The van der Waals surface area contributed by atoms with E-state index in [1.165, 1.54) is 0 Å². The van der Waals surface area contributed by atoms with E-state index in [0.29, 0.717) is 5.56 Å². The quantitative estimate of drug-likeness (QED) is 0.707. The molecule has 64 valence electrons. The maximum absolute atomic E-state index is 10.8. The molecule has 0 spiro atoms. The number of primary amides is 1. The summed E-state index contributed by atoms with van der Waals surface area (Å²) in [6.07, 6.45) is 2.00. The molecule has 0 unspecified atom stereocenters. The lowest BCUT2D eigenvalue weighted by Crippen LogP contribution is -2.12. The molecule has 1 aromatic rings. The van der Waals surface area contributed by atoms with E-state index < -0.39 is 0 Å². The van der Waals surface area contributed by atoms with E-state index >= 15 is 0 Å². The minimum absolute atomic E-state index is 0.361. The van der Waals surface area contributed by atoms with Crippen LogP contribution in [0.4, 0.5) is 0 Å². The molecule has 0 heterocycles. The van der Waals surface area contributed by atoms with Crippen LogP contribution in [0.15, 0.2) is 23.1 Å². The second kappa shape index (κ2) is 3.63. The minimum Gasteiger partial charge on any atom is -0.366 e. The zero-order valence-corrected chi connectivity index (χ0v) is 7.94. The van der Waals surface area contributed by atoms with E-state index in [1.807, 2.05) is 25.3 Å². The van der Waals surface area contributed by atoms with Crippen molar-refractivity contribution in [1.82, 2.24) is 0 Å². The van der Waals surface area contributed by atoms with Gasteiger partial charge in [0.05, 0.1) is 0 Å². The number of aryl methyl sites for hydroxylation is 1. The van der Waals surface area contributed by atoms with Crippen LogP contribution in [0.1, 0.15) is 15.9 Å². The van der Waals surface area contributed by atoms with Crippen molar-refractivity contribution in [2.45, 2.75) is 11.8 Å². The Labute approximate surface area is 76.2 Å². The Balaban J connectivity index is 3.12. The third kappa shape index (κ3) is 1.80. The molecule has 0 aliphatic carbocycles. The van der Waals surface area contributed by atoms with Gasteiger partial charge in [0.25, 0.3) is 0 Å². The van der Waals surface area contributed by atoms with E-state index in [2.05, 4.69) is 0 Å². The van der Waals surface area contributed by atoms with Gasteiger partial charge in [0, 0.05) is 10.5 Å². The highest BCUT2D eigenvalue weighted by Crippen LogP contribution is 2.18. The topological polar surface area (TPSA) is 43.1 Å². The van der Waals surface area contributed by atoms with Crippen LogP contribution < -0.4 is 5.73 Å². The first-order chi connectivity index (χ1) is 5.65. The number of hydrogen-bond acceptors (Lipinski definition) is 2. The summed E-state index contributed by atoms with van der Waals surface area (Å²) in [6, 6.07) is 5.63. The summed E-state index contributed by atoms with van der Waals surface area (Å²) in [5.74, 6) is -0.361. The molecule has 0 bridgehead atoms. The third-order valence-corrected chi connectivity index (χ3v) is 2.42. The van der Waals surface area contributed by atoms with Gasteiger partial charge in [-0.25, -0.2) is 0 Å². The Morgan fingerprint density at radius 3 is 2.58 bits per heavy atom. The van der Waals surface area contributed by atoms with Crippen molar-refractivity contribution in [3.05, 3.63) is 29.3 Å². The second-order valence-electron chi connectivity index (χ2n) is 2.55. The van der Waals surface area contributed by atoms with Crippen molar-refractivity contribution in [3.8, 4) is 0 Å². The lowest BCUT2D eigenvalue weighted by Gasteiger charge is -2.02. The number of carbonyl (C=O) groups excluding carboxylic acids is 1. The fourth-order valence-electron chi connectivity index (χ4n) is 1.04. The molecular formula is C9H11NOS. The van der Waals surface area contributed by atoms with Crippen LogP contribution in [-0.4, -0.2) is 12.2 Å². The number of rotatable bonds is 2. The smallest absolute Gasteiger partial charge is 0.248 e. The number of nitrogens with two attached hydrogens (primary N) is 1. The highest BCUT2D eigenvalue weighted by Gasteiger charge is 2.03. The van der Waals surface area contributed by atoms with Crippen molar-refractivity contribution in [3.63, 3.8) is 0 Å². The van der Waals surface area contributed by atoms with E-state index in [0.717, 1.165) is 10.5 Å². The SMILES string of the molecule is CSc1ccc(C(N)=O)c(C)c1. The highest BCUT2D eigenvalue weighted by atomic mass is 32.2. The molecular weight excluding hydrogens is 170 g/mol. The number of carbonyl (C=O) groups is 1. The van der Waals surface area contributed by atoms with Gasteiger partial charge >= 0.3 is 0 Å². The Kier molecular flexibility index (Phi) is 2.76. The molecule has 0 saturated carbocycles. The summed E-state index contributed by atoms with van der Waals surface area (Å²) in [4.78, 5) is 12.0. The summed E-state index contributed by atoms with van der Waals surface area (Å²) in [6.45, 7) is 1.89. The fourth-order valence-corrected chi connectivity index (χ4v) is 1.54. The van der Waals surface area contributed by atoms with Crippen LogP contribution in [-0.2, 0) is 0 Å². The number of thioether (sulfide) groups is 1. The summed E-state index contributed by atoms with van der Waals surface area (Å²) in [5.41, 5.74) is 6.70. The monoisotopic (exact) mass is 181 g/mol. The maximum Gasteiger partial charge on any atom is 0.248 e. The predicted molar refractivity (Wildman–Crippen MR) is 51.5 cm³/mol. The van der Waals surface area contributed by atoms with Crippen molar-refractivity contribution in [2.24, 2.45) is 5.73 Å². The number of benzene rings is 1. The number of amides is 1. The summed E-state index contributed by atoms with van der Waals surface area (Å²) >= 11 is 1.65. The van der Waals surface area contributed by atoms with Crippen molar-refractivity contribution >= 4 is 17.7 Å². The van der Waals surface area contributed by atoms with Crippen LogP contribution >= 0.6 is 11.8 Å². The first kappa shape index (κ1) is 9.13. The van der Waals surface area contributed by atoms with Gasteiger partial charge in [-0.15, -0.1) is 11.8 Å². The summed E-state index contributed by atoms with van der Waals surface area (Å²) < 4.78 is 0. The zero-order chi connectivity index (χ0) is 9.14. The Morgan fingerprint density at radius 1 is 1.50 bits per heavy atom. The van der Waals surface area contributed by atoms with Crippen molar-refractivity contribution in [2.75, 3.05) is 6.26 Å². The molecule has 3 heteroatoms. The van der Waals surface area contributed by atoms with Gasteiger partial charge in [-0.1, -0.05) is 0 Å². The van der Waals surface area contributed by atoms with Gasteiger partial charge in [-0.2, -0.15) is 0 Å². The van der Waals surface area contributed by atoms with Gasteiger partial charge < -0.3 is 5.73 Å². The molecule has 0 aliphatic heterocycles. The molecule has 0 aromatic heterocycles. The van der Waals surface area contributed by atoms with Crippen LogP contribution in [0.25, 0.3) is 0 Å². The molecule has 0 aliphatic rings. The van der Waals surface area contributed by atoms with Crippen LogP contribution in [0.3, 0.4) is 0 Å². The molecule has 12 heavy (non-hydrogen) atoms. The lowest BCUT2D eigenvalue weighted by molar-refractivity contribution is 0.0999. The molecule has 2 N–H and O–H groups in total. The van der Waals surface area contributed by atoms with Crippen molar-refractivity contribution in [1.29, 1.82) is 0 Å². The summed E-state index contributed by atoms with van der Waals surface area (Å²) in [5, 5.41) is 0. The van der Waals surface area contributed by atoms with Gasteiger partial charge in [-0.05, 0) is 36.9 Å². The van der Waals surface area contributed by atoms with Gasteiger partial charge in [0.2, 0.25) is 5.91 Å². The van der Waals surface area contributed by atoms with E-state index in [-0.39, 0.29) is 5.91 Å². The summed E-state index contributed by atoms with van der Waals surface area (Å²) in [7, 11) is 0. The lowest BCUT2D eigenvalue weighted by atomic mass is 10.1. The van der Waals surface area contributed by atoms with Gasteiger partial charge in [0.1, 0.15) is 0 Å². The normalized spacial score (nSPS) is 9.83. The largest absolute Gasteiger partial charge is 0.366 e. The Morgan fingerprint density at radius 2 is 2.17 bits per heavy atom. The molecule has 1 rings (SSSR count). The molecule has 1 amide bonds.